The van der Waals surface area contributed by atoms with E-state index in [1.165, 1.54) is 24.3 Å². The Morgan fingerprint density at radius 2 is 1.21 bits per heavy atom. The lowest BCUT2D eigenvalue weighted by Crippen LogP contribution is -2.16. The van der Waals surface area contributed by atoms with E-state index in [2.05, 4.69) is 41.0 Å². The maximum atomic E-state index is 11.6. The molecule has 16 nitrogen and oxygen atoms in total. The maximum Gasteiger partial charge on any atom is 0.271 e. The monoisotopic (exact) mass is 728 g/mol. The number of carbonyl (C=O) groups excluding carboxylic acids is 2. The van der Waals surface area contributed by atoms with Gasteiger partial charge in [-0.3, -0.25) is 9.59 Å². The minimum Gasteiger partial charge on any atom is -0.508 e. The summed E-state index contributed by atoms with van der Waals surface area (Å²) < 4.78 is 5.62. The molecule has 0 aliphatic heterocycles. The van der Waals surface area contributed by atoms with Crippen LogP contribution in [0.5, 0.6) is 17.4 Å². The number of hydrogen-bond acceptors (Lipinski definition) is 14. The van der Waals surface area contributed by atoms with Crippen LogP contribution in [0, 0.1) is 36.5 Å². The van der Waals surface area contributed by atoms with Crippen LogP contribution in [-0.4, -0.2) is 47.3 Å². The van der Waals surface area contributed by atoms with E-state index in [1.54, 1.807) is 48.5 Å². The van der Waals surface area contributed by atoms with Gasteiger partial charge in [-0.2, -0.15) is 10.5 Å². The Morgan fingerprint density at radius 1 is 0.698 bits per heavy atom. The molecule has 17 heteroatoms. The number of halogens is 1. The van der Waals surface area contributed by atoms with Crippen LogP contribution >= 0.6 is 11.6 Å². The zero-order valence-corrected chi connectivity index (χ0v) is 28.8. The fourth-order valence-electron chi connectivity index (χ4n) is 4.17. The molecule has 0 fully saturated rings. The third-order valence-corrected chi connectivity index (χ3v) is 6.65. The van der Waals surface area contributed by atoms with Gasteiger partial charge >= 0.3 is 0 Å². The molecule has 6 aromatic rings. The number of amides is 2. The molecule has 0 spiro atoms. The van der Waals surface area contributed by atoms with Crippen molar-refractivity contribution in [1.82, 2.24) is 30.4 Å². The molecule has 7 N–H and O–H groups in total. The van der Waals surface area contributed by atoms with Crippen molar-refractivity contribution in [2.75, 3.05) is 10.6 Å². The van der Waals surface area contributed by atoms with Crippen molar-refractivity contribution in [3.63, 3.8) is 0 Å². The number of hydrogen-bond donors (Lipinski definition) is 5. The summed E-state index contributed by atoms with van der Waals surface area (Å²) in [5.41, 5.74) is 13.8. The molecule has 53 heavy (non-hydrogen) atoms. The number of nitrogens with one attached hydrogen (secondary N) is 2. The van der Waals surface area contributed by atoms with Crippen molar-refractivity contribution in [2.24, 2.45) is 11.5 Å². The molecule has 6 rings (SSSR count). The lowest BCUT2D eigenvalue weighted by atomic mass is 10.2. The number of ether oxygens (including phenoxy) is 1. The largest absolute Gasteiger partial charge is 0.508 e. The number of nitrogens with two attached hydrogens (primary N) is 2. The number of carbonyl (C=O) groups is 2. The van der Waals surface area contributed by atoms with Crippen molar-refractivity contribution in [2.45, 2.75) is 13.8 Å². The van der Waals surface area contributed by atoms with Gasteiger partial charge in [-0.25, -0.2) is 9.97 Å². The van der Waals surface area contributed by atoms with E-state index < -0.39 is 11.8 Å². The highest BCUT2D eigenvalue weighted by Crippen LogP contribution is 2.26. The Balaban J connectivity index is 0.000000200. The van der Waals surface area contributed by atoms with Crippen LogP contribution < -0.4 is 26.8 Å². The lowest BCUT2D eigenvalue weighted by molar-refractivity contribution is 0.0987. The molecule has 0 aliphatic carbocycles. The molecule has 0 saturated heterocycles. The molecule has 4 heterocycles. The Morgan fingerprint density at radius 3 is 1.72 bits per heavy atom. The Bertz CT molecular complexity index is 2340. The van der Waals surface area contributed by atoms with Crippen molar-refractivity contribution in [3.8, 4) is 29.5 Å². The lowest BCUT2D eigenvalue weighted by Gasteiger charge is -2.11. The Labute approximate surface area is 307 Å². The fourth-order valence-corrected chi connectivity index (χ4v) is 4.32. The predicted molar refractivity (Wildman–Crippen MR) is 195 cm³/mol. The summed E-state index contributed by atoms with van der Waals surface area (Å²) in [6.45, 7) is 3.71. The summed E-state index contributed by atoms with van der Waals surface area (Å²) in [5, 5.41) is 47.1. The Kier molecular flexibility index (Phi) is 13.2. The first-order valence-corrected chi connectivity index (χ1v) is 15.6. The van der Waals surface area contributed by atoms with E-state index in [0.717, 1.165) is 11.4 Å². The second kappa shape index (κ2) is 18.3. The highest BCUT2D eigenvalue weighted by Gasteiger charge is 2.15. The highest BCUT2D eigenvalue weighted by atomic mass is 35.5. The molecule has 0 saturated carbocycles. The van der Waals surface area contributed by atoms with Crippen LogP contribution in [0.1, 0.15) is 43.5 Å². The second-order valence-electron chi connectivity index (χ2n) is 10.6. The summed E-state index contributed by atoms with van der Waals surface area (Å²) >= 11 is 5.73. The van der Waals surface area contributed by atoms with Crippen LogP contribution in [0.25, 0.3) is 0 Å². The van der Waals surface area contributed by atoms with Gasteiger partial charge in [0.05, 0.1) is 34.6 Å². The van der Waals surface area contributed by atoms with Crippen molar-refractivity contribution in [1.29, 1.82) is 10.5 Å². The van der Waals surface area contributed by atoms with Crippen molar-refractivity contribution >= 4 is 46.4 Å². The molecule has 0 radical (unpaired) electrons. The summed E-state index contributed by atoms with van der Waals surface area (Å²) in [6.07, 6.45) is 0. The van der Waals surface area contributed by atoms with E-state index in [0.29, 0.717) is 39.9 Å². The van der Waals surface area contributed by atoms with Crippen LogP contribution in [0.3, 0.4) is 0 Å². The number of nitriles is 2. The number of phenols is 1. The average molecular weight is 729 g/mol. The normalized spacial score (nSPS) is 9.75. The molecular weight excluding hydrogens is 700 g/mol. The van der Waals surface area contributed by atoms with Gasteiger partial charge in [-0.15, -0.1) is 20.4 Å². The molecule has 2 amide bonds. The third-order valence-electron chi connectivity index (χ3n) is 6.47. The van der Waals surface area contributed by atoms with Crippen molar-refractivity contribution < 1.29 is 19.4 Å². The van der Waals surface area contributed by atoms with Gasteiger partial charge in [0.2, 0.25) is 5.88 Å². The van der Waals surface area contributed by atoms with E-state index in [9.17, 15) is 9.59 Å². The first kappa shape index (κ1) is 38.1. The summed E-state index contributed by atoms with van der Waals surface area (Å²) in [4.78, 5) is 31.4. The second-order valence-corrected chi connectivity index (χ2v) is 11.0. The van der Waals surface area contributed by atoms with Crippen LogP contribution in [0.2, 0.25) is 5.15 Å². The van der Waals surface area contributed by atoms with E-state index in [-0.39, 0.29) is 28.2 Å². The number of aromatic hydroxyl groups is 1. The van der Waals surface area contributed by atoms with Gasteiger partial charge in [0.25, 0.3) is 11.8 Å². The quantitative estimate of drug-likeness (QED) is 0.127. The van der Waals surface area contributed by atoms with Gasteiger partial charge in [0.15, 0.2) is 16.5 Å². The van der Waals surface area contributed by atoms with Gasteiger partial charge in [0.1, 0.15) is 23.1 Å². The van der Waals surface area contributed by atoms with Gasteiger partial charge < -0.3 is 31.9 Å². The van der Waals surface area contributed by atoms with Crippen LogP contribution in [0.15, 0.2) is 97.1 Å². The number of aryl methyl sites for hydroxylation is 2. The Hall–Kier alpha value is -7.69. The van der Waals surface area contributed by atoms with Gasteiger partial charge in [0, 0.05) is 23.5 Å². The number of pyridine rings is 2. The zero-order chi connectivity index (χ0) is 38.3. The minimum absolute atomic E-state index is 0.0164. The molecule has 264 valence electrons. The molecule has 2 aromatic carbocycles. The number of rotatable bonds is 8. The van der Waals surface area contributed by atoms with E-state index in [4.69, 9.17) is 43.4 Å². The predicted octanol–water partition coefficient (Wildman–Crippen LogP) is 5.63. The minimum atomic E-state index is -0.731. The number of nitrogens with zero attached hydrogens (tertiary/aromatic N) is 8. The fraction of sp³-hybridized carbons (Fsp3) is 0.0556. The number of phenolic OH excluding ortho intramolecular Hbond substituents is 1. The third kappa shape index (κ3) is 11.7. The van der Waals surface area contributed by atoms with E-state index in [1.807, 2.05) is 50.3 Å². The number of benzene rings is 2. The van der Waals surface area contributed by atoms with Gasteiger partial charge in [-0.05, 0) is 74.5 Å². The first-order chi connectivity index (χ1) is 25.4. The average Bonchev–Trinajstić information content (AvgIpc) is 3.12. The summed E-state index contributed by atoms with van der Waals surface area (Å²) in [5.74, 6) is 0.374. The van der Waals surface area contributed by atoms with Gasteiger partial charge in [-0.1, -0.05) is 35.9 Å². The number of primary amides is 2. The molecular formula is C36H29ClN12O4. The molecule has 0 unspecified atom stereocenters. The summed E-state index contributed by atoms with van der Waals surface area (Å²) in [6, 6.07) is 30.6. The topological polar surface area (TPSA) is 265 Å². The standard InChI is InChI=1S/C18H14N6O2.C11H10ClN5O.C7H5NO/c1-11-4-2-7-15(21-11)22-14-9-16(23-24-17(14)18(20)25)26-13-6-3-5-12(8-13)10-19;1-6-3-2-4-9(14-6)15-7-5-8(12)16-17-10(7)11(13)18;8-5-6-2-1-3-7(9)4-6/h2-9H,1H3,(H2,20,25)(H,21,22,23);2-5H,1H3,(H2,13,18)(H,14,15,16);1-4,9H. The van der Waals surface area contributed by atoms with E-state index >= 15 is 0 Å². The first-order valence-electron chi connectivity index (χ1n) is 15.2. The highest BCUT2D eigenvalue weighted by molar-refractivity contribution is 6.29. The molecule has 0 atom stereocenters. The smallest absolute Gasteiger partial charge is 0.271 e. The molecule has 0 bridgehead atoms. The molecule has 0 aliphatic rings. The zero-order valence-electron chi connectivity index (χ0n) is 28.0. The maximum absolute atomic E-state index is 11.6. The SMILES string of the molecule is Cc1cccc(Nc2cc(Cl)nnc2C(N)=O)n1.Cc1cccc(Nc2cc(Oc3cccc(C#N)c3)nnc2C(N)=O)n1.N#Cc1cccc(O)c1. The summed E-state index contributed by atoms with van der Waals surface area (Å²) in [7, 11) is 0. The van der Waals surface area contributed by atoms with Crippen LogP contribution in [0.4, 0.5) is 23.0 Å². The van der Waals surface area contributed by atoms with Crippen molar-refractivity contribution in [3.05, 3.63) is 136 Å². The van der Waals surface area contributed by atoms with Crippen LogP contribution in [-0.2, 0) is 0 Å². The molecule has 4 aromatic heterocycles. The number of aromatic nitrogens is 6. The number of anilines is 4.